The van der Waals surface area contributed by atoms with Crippen molar-refractivity contribution in [3.05, 3.63) is 23.8 Å². The molecular formula is C14H18N2O6S. The van der Waals surface area contributed by atoms with Gasteiger partial charge in [0.2, 0.25) is 10.0 Å². The number of aliphatic carboxylic acids is 1. The molecule has 1 fully saturated rings. The van der Waals surface area contributed by atoms with Gasteiger partial charge in [0, 0.05) is 26.2 Å². The maximum atomic E-state index is 12.8. The Balaban J connectivity index is 2.21. The summed E-state index contributed by atoms with van der Waals surface area (Å²) >= 11 is 0. The Morgan fingerprint density at radius 2 is 1.78 bits per heavy atom. The SMILES string of the molecule is COc1ccc(C)cc1S(=O)(=O)N1CCN(C(=O)C(=O)O)CC1. The van der Waals surface area contributed by atoms with Gasteiger partial charge in [0.05, 0.1) is 7.11 Å². The molecule has 8 nitrogen and oxygen atoms in total. The first-order valence-corrected chi connectivity index (χ1v) is 8.38. The molecule has 0 radical (unpaired) electrons. The van der Waals surface area contributed by atoms with Crippen LogP contribution in [0.4, 0.5) is 0 Å². The number of carboxylic acids is 1. The molecule has 0 unspecified atom stereocenters. The van der Waals surface area contributed by atoms with Crippen molar-refractivity contribution < 1.29 is 27.9 Å². The third kappa shape index (κ3) is 3.45. The Hall–Kier alpha value is -2.13. The molecule has 0 bridgehead atoms. The van der Waals surface area contributed by atoms with E-state index < -0.39 is 21.9 Å². The lowest BCUT2D eigenvalue weighted by atomic mass is 10.2. The van der Waals surface area contributed by atoms with Crippen molar-refractivity contribution in [1.29, 1.82) is 0 Å². The highest BCUT2D eigenvalue weighted by molar-refractivity contribution is 7.89. The maximum Gasteiger partial charge on any atom is 0.394 e. The summed E-state index contributed by atoms with van der Waals surface area (Å²) in [6.07, 6.45) is 0. The van der Waals surface area contributed by atoms with Gasteiger partial charge >= 0.3 is 11.9 Å². The average Bonchev–Trinajstić information content (AvgIpc) is 2.54. The molecule has 2 rings (SSSR count). The number of sulfonamides is 1. The number of amides is 1. The zero-order valence-corrected chi connectivity index (χ0v) is 13.7. The van der Waals surface area contributed by atoms with Gasteiger partial charge in [0.1, 0.15) is 10.6 Å². The summed E-state index contributed by atoms with van der Waals surface area (Å²) in [6.45, 7) is 1.94. The van der Waals surface area contributed by atoms with E-state index in [1.54, 1.807) is 19.1 Å². The Labute approximate surface area is 134 Å². The minimum absolute atomic E-state index is 0.0401. The van der Waals surface area contributed by atoms with Crippen LogP contribution in [0.2, 0.25) is 0 Å². The van der Waals surface area contributed by atoms with Crippen LogP contribution in [-0.2, 0) is 19.6 Å². The van der Waals surface area contributed by atoms with Crippen LogP contribution < -0.4 is 4.74 Å². The highest BCUT2D eigenvalue weighted by Gasteiger charge is 2.33. The Morgan fingerprint density at radius 1 is 1.17 bits per heavy atom. The van der Waals surface area contributed by atoms with Crippen LogP contribution in [0.15, 0.2) is 23.1 Å². The second-order valence-corrected chi connectivity index (χ2v) is 7.06. The fourth-order valence-corrected chi connectivity index (χ4v) is 4.05. The Morgan fingerprint density at radius 3 is 2.30 bits per heavy atom. The molecule has 1 heterocycles. The summed E-state index contributed by atoms with van der Waals surface area (Å²) in [4.78, 5) is 23.3. The van der Waals surface area contributed by atoms with E-state index in [9.17, 15) is 18.0 Å². The zero-order valence-electron chi connectivity index (χ0n) is 12.9. The number of carbonyl (C=O) groups is 2. The molecule has 9 heteroatoms. The number of benzene rings is 1. The number of aryl methyl sites for hydroxylation is 1. The zero-order chi connectivity index (χ0) is 17.2. The number of carboxylic acid groups (broad SMARTS) is 1. The summed E-state index contributed by atoms with van der Waals surface area (Å²) in [6, 6.07) is 4.87. The number of ether oxygens (including phenoxy) is 1. The van der Waals surface area contributed by atoms with Crippen molar-refractivity contribution in [2.75, 3.05) is 33.3 Å². The fraction of sp³-hybridized carbons (Fsp3) is 0.429. The van der Waals surface area contributed by atoms with Crippen LogP contribution in [0.25, 0.3) is 0 Å². The van der Waals surface area contributed by atoms with E-state index in [0.717, 1.165) is 10.5 Å². The normalized spacial score (nSPS) is 16.2. The Kier molecular flexibility index (Phi) is 4.90. The third-order valence-corrected chi connectivity index (χ3v) is 5.57. The second kappa shape index (κ2) is 6.55. The van der Waals surface area contributed by atoms with Crippen LogP contribution in [0, 0.1) is 6.92 Å². The molecule has 0 spiro atoms. The molecule has 1 aromatic carbocycles. The van der Waals surface area contributed by atoms with E-state index in [2.05, 4.69) is 0 Å². The molecule has 1 aliphatic rings. The molecule has 0 atom stereocenters. The number of piperazine rings is 1. The van der Waals surface area contributed by atoms with Crippen LogP contribution in [0.5, 0.6) is 5.75 Å². The van der Waals surface area contributed by atoms with Gasteiger partial charge in [-0.2, -0.15) is 4.31 Å². The number of methoxy groups -OCH3 is 1. The largest absolute Gasteiger partial charge is 0.495 e. The molecule has 1 aliphatic heterocycles. The summed E-state index contributed by atoms with van der Waals surface area (Å²) in [5.41, 5.74) is 0.782. The lowest BCUT2D eigenvalue weighted by Crippen LogP contribution is -2.52. The number of hydrogen-bond acceptors (Lipinski definition) is 5. The quantitative estimate of drug-likeness (QED) is 0.771. The average molecular weight is 342 g/mol. The van der Waals surface area contributed by atoms with Gasteiger partial charge in [0.15, 0.2) is 0 Å². The van der Waals surface area contributed by atoms with E-state index in [1.165, 1.54) is 17.5 Å². The molecule has 1 saturated heterocycles. The monoisotopic (exact) mass is 342 g/mol. The van der Waals surface area contributed by atoms with Gasteiger partial charge in [-0.25, -0.2) is 13.2 Å². The molecule has 0 aliphatic carbocycles. The minimum atomic E-state index is -3.77. The first-order chi connectivity index (χ1) is 10.8. The van der Waals surface area contributed by atoms with Crippen LogP contribution in [-0.4, -0.2) is 67.9 Å². The van der Waals surface area contributed by atoms with Crippen molar-refractivity contribution in [3.8, 4) is 5.75 Å². The van der Waals surface area contributed by atoms with Crippen molar-refractivity contribution in [2.24, 2.45) is 0 Å². The molecular weight excluding hydrogens is 324 g/mol. The topological polar surface area (TPSA) is 104 Å². The predicted molar refractivity (Wildman–Crippen MR) is 80.7 cm³/mol. The molecule has 126 valence electrons. The smallest absolute Gasteiger partial charge is 0.394 e. The molecule has 1 aromatic rings. The first kappa shape index (κ1) is 17.2. The third-order valence-electron chi connectivity index (χ3n) is 3.65. The van der Waals surface area contributed by atoms with E-state index in [1.807, 2.05) is 0 Å². The molecule has 1 amide bonds. The van der Waals surface area contributed by atoms with Crippen molar-refractivity contribution in [3.63, 3.8) is 0 Å². The highest BCUT2D eigenvalue weighted by Crippen LogP contribution is 2.28. The van der Waals surface area contributed by atoms with Crippen molar-refractivity contribution in [1.82, 2.24) is 9.21 Å². The van der Waals surface area contributed by atoms with Gasteiger partial charge in [-0.3, -0.25) is 4.79 Å². The highest BCUT2D eigenvalue weighted by atomic mass is 32.2. The summed E-state index contributed by atoms with van der Waals surface area (Å²) < 4.78 is 31.9. The standard InChI is InChI=1S/C14H18N2O6S/c1-10-3-4-11(22-2)12(9-10)23(20,21)16-7-5-15(6-8-16)13(17)14(18)19/h3-4,9H,5-8H2,1-2H3,(H,18,19). The number of carbonyl (C=O) groups excluding carboxylic acids is 1. The van der Waals surface area contributed by atoms with Gasteiger partial charge in [0.25, 0.3) is 0 Å². The lowest BCUT2D eigenvalue weighted by Gasteiger charge is -2.33. The summed E-state index contributed by atoms with van der Waals surface area (Å²) in [5, 5.41) is 8.70. The lowest BCUT2D eigenvalue weighted by molar-refractivity contribution is -0.156. The van der Waals surface area contributed by atoms with Gasteiger partial charge in [-0.1, -0.05) is 6.07 Å². The van der Waals surface area contributed by atoms with Crippen LogP contribution >= 0.6 is 0 Å². The second-order valence-electron chi connectivity index (χ2n) is 5.16. The predicted octanol–water partition coefficient (Wildman–Crippen LogP) is -0.0789. The number of rotatable bonds is 3. The van der Waals surface area contributed by atoms with Gasteiger partial charge < -0.3 is 14.7 Å². The fourth-order valence-electron chi connectivity index (χ4n) is 2.39. The molecule has 0 aromatic heterocycles. The van der Waals surface area contributed by atoms with E-state index >= 15 is 0 Å². The Bertz CT molecular complexity index is 723. The van der Waals surface area contributed by atoms with Gasteiger partial charge in [-0.15, -0.1) is 0 Å². The van der Waals surface area contributed by atoms with Gasteiger partial charge in [-0.05, 0) is 24.6 Å². The van der Waals surface area contributed by atoms with E-state index in [0.29, 0.717) is 0 Å². The molecule has 23 heavy (non-hydrogen) atoms. The van der Waals surface area contributed by atoms with E-state index in [-0.39, 0.29) is 36.8 Å². The molecule has 1 N–H and O–H groups in total. The van der Waals surface area contributed by atoms with E-state index in [4.69, 9.17) is 9.84 Å². The summed E-state index contributed by atoms with van der Waals surface area (Å²) in [5.74, 6) is -2.31. The minimum Gasteiger partial charge on any atom is -0.495 e. The first-order valence-electron chi connectivity index (χ1n) is 6.94. The van der Waals surface area contributed by atoms with Crippen LogP contribution in [0.1, 0.15) is 5.56 Å². The maximum absolute atomic E-state index is 12.8. The number of nitrogens with zero attached hydrogens (tertiary/aromatic N) is 2. The van der Waals surface area contributed by atoms with Crippen molar-refractivity contribution in [2.45, 2.75) is 11.8 Å². The number of hydrogen-bond donors (Lipinski definition) is 1. The van der Waals surface area contributed by atoms with Crippen LogP contribution in [0.3, 0.4) is 0 Å². The summed E-state index contributed by atoms with van der Waals surface area (Å²) in [7, 11) is -2.38. The van der Waals surface area contributed by atoms with Crippen molar-refractivity contribution >= 4 is 21.9 Å². The molecule has 0 saturated carbocycles.